The molecule has 8 heteroatoms. The summed E-state index contributed by atoms with van der Waals surface area (Å²) in [6.45, 7) is 6.93. The first kappa shape index (κ1) is 21.4. The van der Waals surface area contributed by atoms with Crippen molar-refractivity contribution in [3.8, 4) is 11.5 Å². The third kappa shape index (κ3) is 5.18. The number of amides is 1. The molecule has 144 valence electrons. The SMILES string of the molecule is CC(C)C.COc1cc(C(=O)N2CCC[C@H]2C=O)c([N+](=O)OC)cc1O. The van der Waals surface area contributed by atoms with Crippen LogP contribution >= 0.6 is 0 Å². The first-order valence-corrected chi connectivity index (χ1v) is 8.45. The Kier molecular flexibility index (Phi) is 8.02. The Hall–Kier alpha value is -2.64. The van der Waals surface area contributed by atoms with Gasteiger partial charge in [0, 0.05) is 12.6 Å². The quantitative estimate of drug-likeness (QED) is 0.635. The third-order valence-electron chi connectivity index (χ3n) is 3.61. The van der Waals surface area contributed by atoms with Gasteiger partial charge in [0.05, 0.1) is 24.1 Å². The Morgan fingerprint density at radius 3 is 2.46 bits per heavy atom. The van der Waals surface area contributed by atoms with Gasteiger partial charge in [0.25, 0.3) is 10.8 Å². The highest BCUT2D eigenvalue weighted by Gasteiger charge is 2.35. The lowest BCUT2D eigenvalue weighted by molar-refractivity contribution is -0.736. The molecule has 2 rings (SSSR count). The molecule has 8 nitrogen and oxygen atoms in total. The summed E-state index contributed by atoms with van der Waals surface area (Å²) in [5.74, 6) is 0.111. The second-order valence-electron chi connectivity index (χ2n) is 6.56. The van der Waals surface area contributed by atoms with E-state index in [4.69, 9.17) is 4.74 Å². The second kappa shape index (κ2) is 9.74. The van der Waals surface area contributed by atoms with E-state index in [0.29, 0.717) is 25.7 Å². The number of hydrogen-bond acceptors (Lipinski definition) is 6. The van der Waals surface area contributed by atoms with Gasteiger partial charge in [0.15, 0.2) is 18.6 Å². The van der Waals surface area contributed by atoms with Gasteiger partial charge in [0.1, 0.15) is 11.8 Å². The fraction of sp³-hybridized carbons (Fsp3) is 0.556. The fourth-order valence-electron chi connectivity index (χ4n) is 2.48. The van der Waals surface area contributed by atoms with Crippen LogP contribution < -0.4 is 4.74 Å². The average molecular weight is 367 g/mol. The van der Waals surface area contributed by atoms with Crippen LogP contribution in [0.2, 0.25) is 0 Å². The number of ether oxygens (including phenoxy) is 1. The Balaban J connectivity index is 0.000000765. The summed E-state index contributed by atoms with van der Waals surface area (Å²) >= 11 is 0. The van der Waals surface area contributed by atoms with E-state index in [1.165, 1.54) is 18.1 Å². The number of carbonyl (C=O) groups is 2. The maximum Gasteiger partial charge on any atom is 0.333 e. The summed E-state index contributed by atoms with van der Waals surface area (Å²) in [5.41, 5.74) is -0.150. The second-order valence-corrected chi connectivity index (χ2v) is 6.56. The van der Waals surface area contributed by atoms with Crippen molar-refractivity contribution >= 4 is 17.9 Å². The van der Waals surface area contributed by atoms with Crippen molar-refractivity contribution < 1.29 is 29.2 Å². The van der Waals surface area contributed by atoms with E-state index in [2.05, 4.69) is 25.6 Å². The Morgan fingerprint density at radius 2 is 1.96 bits per heavy atom. The number of nitrogens with zero attached hydrogens (tertiary/aromatic N) is 2. The smallest absolute Gasteiger partial charge is 0.333 e. The zero-order chi connectivity index (χ0) is 19.9. The highest BCUT2D eigenvalue weighted by molar-refractivity contribution is 6.00. The number of phenols is 1. The van der Waals surface area contributed by atoms with Crippen molar-refractivity contribution in [1.82, 2.24) is 4.90 Å². The Bertz CT molecular complexity index is 657. The van der Waals surface area contributed by atoms with E-state index in [1.807, 2.05) is 0 Å². The molecule has 0 unspecified atom stereocenters. The van der Waals surface area contributed by atoms with Gasteiger partial charge in [0.2, 0.25) is 0 Å². The number of benzene rings is 1. The number of phenolic OH excluding ortho intramolecular Hbond substituents is 1. The highest BCUT2D eigenvalue weighted by atomic mass is 16.8. The third-order valence-corrected chi connectivity index (χ3v) is 3.61. The van der Waals surface area contributed by atoms with E-state index in [9.17, 15) is 19.6 Å². The first-order chi connectivity index (χ1) is 12.3. The van der Waals surface area contributed by atoms with Crippen molar-refractivity contribution in [2.45, 2.75) is 39.7 Å². The predicted molar refractivity (Wildman–Crippen MR) is 95.6 cm³/mol. The molecular weight excluding hydrogens is 340 g/mol. The molecule has 26 heavy (non-hydrogen) atoms. The van der Waals surface area contributed by atoms with E-state index in [-0.39, 0.29) is 27.7 Å². The van der Waals surface area contributed by atoms with Crippen LogP contribution in [0.15, 0.2) is 12.1 Å². The molecule has 1 amide bonds. The van der Waals surface area contributed by atoms with Crippen molar-refractivity contribution in [3.05, 3.63) is 22.6 Å². The molecule has 0 aromatic heterocycles. The van der Waals surface area contributed by atoms with Gasteiger partial charge in [-0.15, -0.1) is 0 Å². The monoisotopic (exact) mass is 367 g/mol. The van der Waals surface area contributed by atoms with E-state index < -0.39 is 11.9 Å². The highest BCUT2D eigenvalue weighted by Crippen LogP contribution is 2.35. The number of rotatable bonds is 5. The lowest BCUT2D eigenvalue weighted by Crippen LogP contribution is -2.36. The van der Waals surface area contributed by atoms with Crippen LogP contribution in [-0.2, 0) is 9.63 Å². The molecule has 0 aliphatic carbocycles. The summed E-state index contributed by atoms with van der Waals surface area (Å²) in [6, 6.07) is 1.84. The molecular formula is C18H27N2O6+. The number of methoxy groups -OCH3 is 1. The molecule has 1 fully saturated rings. The normalized spacial score (nSPS) is 15.9. The van der Waals surface area contributed by atoms with Gasteiger partial charge in [-0.1, -0.05) is 20.8 Å². The van der Waals surface area contributed by atoms with Gasteiger partial charge in [-0.05, 0) is 18.8 Å². The van der Waals surface area contributed by atoms with Crippen molar-refractivity contribution in [1.29, 1.82) is 0 Å². The number of aldehydes is 1. The van der Waals surface area contributed by atoms with Crippen molar-refractivity contribution in [3.63, 3.8) is 0 Å². The Labute approximate surface area is 153 Å². The minimum atomic E-state index is -0.511. The maximum atomic E-state index is 12.6. The topological polar surface area (TPSA) is 96.2 Å². The van der Waals surface area contributed by atoms with Crippen molar-refractivity contribution in [2.75, 3.05) is 20.8 Å². The maximum absolute atomic E-state index is 12.6. The van der Waals surface area contributed by atoms with Crippen LogP contribution in [0.3, 0.4) is 0 Å². The molecule has 0 spiro atoms. The molecule has 1 aromatic carbocycles. The lowest BCUT2D eigenvalue weighted by Gasteiger charge is -2.20. The van der Waals surface area contributed by atoms with Gasteiger partial charge in [-0.2, -0.15) is 0 Å². The molecule has 1 N–H and O–H groups in total. The zero-order valence-electron chi connectivity index (χ0n) is 15.9. The average Bonchev–Trinajstić information content (AvgIpc) is 3.08. The molecule has 1 aromatic rings. The van der Waals surface area contributed by atoms with Gasteiger partial charge in [-0.25, -0.2) is 4.84 Å². The molecule has 1 aliphatic rings. The van der Waals surface area contributed by atoms with Crippen LogP contribution in [0.25, 0.3) is 0 Å². The number of hydrogen-bond donors (Lipinski definition) is 1. The van der Waals surface area contributed by atoms with Crippen LogP contribution in [0.1, 0.15) is 44.0 Å². The number of aromatic hydroxyl groups is 1. The summed E-state index contributed by atoms with van der Waals surface area (Å²) in [7, 11) is 2.48. The Morgan fingerprint density at radius 1 is 1.35 bits per heavy atom. The van der Waals surface area contributed by atoms with Crippen LogP contribution in [-0.4, -0.2) is 53.9 Å². The summed E-state index contributed by atoms with van der Waals surface area (Å²) < 4.78 is 4.97. The minimum Gasteiger partial charge on any atom is -0.504 e. The molecule has 1 atom stereocenters. The largest absolute Gasteiger partial charge is 0.504 e. The molecule has 1 saturated heterocycles. The number of likely N-dealkylation sites (tertiary alicyclic amines) is 1. The van der Waals surface area contributed by atoms with Gasteiger partial charge < -0.3 is 19.5 Å². The molecule has 1 aliphatic heterocycles. The van der Waals surface area contributed by atoms with Crippen molar-refractivity contribution in [2.24, 2.45) is 5.92 Å². The van der Waals surface area contributed by atoms with Gasteiger partial charge in [-0.3, -0.25) is 4.79 Å². The van der Waals surface area contributed by atoms with Gasteiger partial charge >= 0.3 is 5.69 Å². The fourth-order valence-corrected chi connectivity index (χ4v) is 2.48. The molecule has 0 bridgehead atoms. The minimum absolute atomic E-state index is 0.000231. The molecule has 1 heterocycles. The predicted octanol–water partition coefficient (Wildman–Crippen LogP) is 2.84. The van der Waals surface area contributed by atoms with E-state index in [1.54, 1.807) is 0 Å². The number of carbonyl (C=O) groups excluding carboxylic acids is 2. The van der Waals surface area contributed by atoms with E-state index >= 15 is 0 Å². The van der Waals surface area contributed by atoms with Crippen LogP contribution in [0.4, 0.5) is 5.69 Å². The zero-order valence-corrected chi connectivity index (χ0v) is 15.9. The van der Waals surface area contributed by atoms with E-state index in [0.717, 1.165) is 19.1 Å². The molecule has 0 saturated carbocycles. The summed E-state index contributed by atoms with van der Waals surface area (Å²) in [6.07, 6.45) is 2.02. The molecule has 0 radical (unpaired) electrons. The van der Waals surface area contributed by atoms with Crippen LogP contribution in [0.5, 0.6) is 11.5 Å². The first-order valence-electron chi connectivity index (χ1n) is 8.45. The summed E-state index contributed by atoms with van der Waals surface area (Å²) in [4.78, 5) is 41.5. The lowest BCUT2D eigenvalue weighted by atomic mass is 10.1. The standard InChI is InChI=1S/C14H16N2O6.C4H10/c1-21-13-6-10(11(7-12(13)18)16(20)22-2)14(19)15-5-3-4-9(15)8-17;1-4(2)3/h6-9H,3-5H2,1-2H3;4H,1-3H3/p+1/t9-;/m0./s1. The van der Waals surface area contributed by atoms with Crippen LogP contribution in [0, 0.1) is 10.8 Å². The summed E-state index contributed by atoms with van der Waals surface area (Å²) in [5, 5.41) is 9.78.